The Balaban J connectivity index is 2.74. The maximum Gasteiger partial charge on any atom is 0.317 e. The van der Waals surface area contributed by atoms with E-state index in [0.29, 0.717) is 11.6 Å². The average Bonchev–Trinajstić information content (AvgIpc) is 2.27. The molecule has 98 valence electrons. The van der Waals surface area contributed by atoms with Crippen LogP contribution in [0.5, 0.6) is 5.88 Å². The predicted octanol–water partition coefficient (Wildman–Crippen LogP) is 0.0614. The first-order valence-corrected chi connectivity index (χ1v) is 5.17. The lowest BCUT2D eigenvalue weighted by atomic mass is 10.3. The van der Waals surface area contributed by atoms with Gasteiger partial charge in [0.2, 0.25) is 5.88 Å². The summed E-state index contributed by atoms with van der Waals surface area (Å²) in [6.07, 6.45) is 0. The lowest BCUT2D eigenvalue weighted by Gasteiger charge is -2.17. The molecule has 0 atom stereocenters. The summed E-state index contributed by atoms with van der Waals surface area (Å²) in [5.41, 5.74) is 0.553. The van der Waals surface area contributed by atoms with Gasteiger partial charge in [-0.3, -0.25) is 14.5 Å². The van der Waals surface area contributed by atoms with E-state index in [-0.39, 0.29) is 19.6 Å². The SMILES string of the molecule is COc1cccc(CN(CC(=O)O)CC(=O)O)n1. The first kappa shape index (κ1) is 13.9. The molecule has 0 aromatic carbocycles. The minimum absolute atomic E-state index is 0.135. The number of carbonyl (C=O) groups is 2. The Kier molecular flexibility index (Phi) is 5.06. The van der Waals surface area contributed by atoms with E-state index >= 15 is 0 Å². The van der Waals surface area contributed by atoms with Crippen LogP contribution >= 0.6 is 0 Å². The standard InChI is InChI=1S/C11H14N2O5/c1-18-9-4-2-3-8(12-9)5-13(6-10(14)15)7-11(16)17/h2-4H,5-7H2,1H3,(H,14,15)(H,16,17). The number of methoxy groups -OCH3 is 1. The zero-order valence-electron chi connectivity index (χ0n) is 9.87. The molecule has 0 saturated heterocycles. The minimum Gasteiger partial charge on any atom is -0.481 e. The van der Waals surface area contributed by atoms with Crippen molar-refractivity contribution in [2.75, 3.05) is 20.2 Å². The summed E-state index contributed by atoms with van der Waals surface area (Å²) in [6, 6.07) is 5.04. The van der Waals surface area contributed by atoms with Gasteiger partial charge in [-0.1, -0.05) is 6.07 Å². The van der Waals surface area contributed by atoms with Gasteiger partial charge >= 0.3 is 11.9 Å². The summed E-state index contributed by atoms with van der Waals surface area (Å²) in [5, 5.41) is 17.4. The Bertz CT molecular complexity index is 419. The number of aromatic nitrogens is 1. The van der Waals surface area contributed by atoms with Crippen LogP contribution in [0.25, 0.3) is 0 Å². The molecule has 7 nitrogen and oxygen atoms in total. The van der Waals surface area contributed by atoms with Crippen molar-refractivity contribution in [3.63, 3.8) is 0 Å². The van der Waals surface area contributed by atoms with Crippen LogP contribution < -0.4 is 4.74 Å². The quantitative estimate of drug-likeness (QED) is 0.709. The molecule has 1 aromatic rings. The Morgan fingerprint density at radius 1 is 1.28 bits per heavy atom. The molecule has 1 rings (SSSR count). The molecule has 0 aliphatic rings. The normalized spacial score (nSPS) is 10.3. The smallest absolute Gasteiger partial charge is 0.317 e. The summed E-state index contributed by atoms with van der Waals surface area (Å²) in [5.74, 6) is -1.77. The molecule has 1 aromatic heterocycles. The molecular weight excluding hydrogens is 240 g/mol. The fraction of sp³-hybridized carbons (Fsp3) is 0.364. The van der Waals surface area contributed by atoms with Crippen molar-refractivity contribution in [2.45, 2.75) is 6.54 Å². The van der Waals surface area contributed by atoms with Gasteiger partial charge in [-0.05, 0) is 6.07 Å². The number of carboxylic acids is 2. The second kappa shape index (κ2) is 6.55. The number of pyridine rings is 1. The fourth-order valence-corrected chi connectivity index (χ4v) is 1.44. The lowest BCUT2D eigenvalue weighted by molar-refractivity contribution is -0.142. The van der Waals surface area contributed by atoms with Crippen LogP contribution in [-0.2, 0) is 16.1 Å². The minimum atomic E-state index is -1.08. The van der Waals surface area contributed by atoms with Gasteiger partial charge in [0.05, 0.1) is 25.9 Å². The molecule has 0 bridgehead atoms. The number of nitrogens with zero attached hydrogens (tertiary/aromatic N) is 2. The van der Waals surface area contributed by atoms with Crippen molar-refractivity contribution < 1.29 is 24.5 Å². The monoisotopic (exact) mass is 254 g/mol. The molecule has 0 spiro atoms. The highest BCUT2D eigenvalue weighted by Crippen LogP contribution is 2.08. The van der Waals surface area contributed by atoms with Crippen LogP contribution in [0.2, 0.25) is 0 Å². The van der Waals surface area contributed by atoms with E-state index in [1.54, 1.807) is 18.2 Å². The number of rotatable bonds is 7. The lowest BCUT2D eigenvalue weighted by Crippen LogP contribution is -2.34. The molecule has 0 fully saturated rings. The average molecular weight is 254 g/mol. The third kappa shape index (κ3) is 4.79. The second-order valence-electron chi connectivity index (χ2n) is 3.60. The number of carboxylic acid groups (broad SMARTS) is 2. The van der Waals surface area contributed by atoms with E-state index in [9.17, 15) is 9.59 Å². The van der Waals surface area contributed by atoms with E-state index in [2.05, 4.69) is 4.98 Å². The Hall–Kier alpha value is -2.15. The van der Waals surface area contributed by atoms with Crippen LogP contribution in [0.15, 0.2) is 18.2 Å². The van der Waals surface area contributed by atoms with E-state index in [0.717, 1.165) is 0 Å². The van der Waals surface area contributed by atoms with E-state index < -0.39 is 11.9 Å². The van der Waals surface area contributed by atoms with Crippen molar-refractivity contribution in [1.82, 2.24) is 9.88 Å². The summed E-state index contributed by atoms with van der Waals surface area (Å²) >= 11 is 0. The molecular formula is C11H14N2O5. The highest BCUT2D eigenvalue weighted by molar-refractivity contribution is 5.72. The third-order valence-electron chi connectivity index (χ3n) is 2.09. The highest BCUT2D eigenvalue weighted by atomic mass is 16.5. The maximum absolute atomic E-state index is 10.6. The number of aliphatic carboxylic acids is 2. The first-order chi connectivity index (χ1) is 8.51. The van der Waals surface area contributed by atoms with E-state index in [4.69, 9.17) is 14.9 Å². The third-order valence-corrected chi connectivity index (χ3v) is 2.09. The molecule has 1 heterocycles. The predicted molar refractivity (Wildman–Crippen MR) is 61.3 cm³/mol. The molecule has 0 saturated carbocycles. The molecule has 18 heavy (non-hydrogen) atoms. The number of hydrogen-bond donors (Lipinski definition) is 2. The second-order valence-corrected chi connectivity index (χ2v) is 3.60. The first-order valence-electron chi connectivity index (χ1n) is 5.17. The van der Waals surface area contributed by atoms with Gasteiger partial charge in [0.15, 0.2) is 0 Å². The highest BCUT2D eigenvalue weighted by Gasteiger charge is 2.14. The van der Waals surface area contributed by atoms with Crippen LogP contribution in [-0.4, -0.2) is 52.2 Å². The molecule has 0 aliphatic carbocycles. The Labute approximate surface area is 104 Å². The van der Waals surface area contributed by atoms with Gasteiger partial charge in [-0.15, -0.1) is 0 Å². The van der Waals surface area contributed by atoms with Crippen LogP contribution in [0, 0.1) is 0 Å². The molecule has 7 heteroatoms. The zero-order valence-corrected chi connectivity index (χ0v) is 9.87. The van der Waals surface area contributed by atoms with Gasteiger partial charge < -0.3 is 14.9 Å². The molecule has 0 amide bonds. The molecule has 2 N–H and O–H groups in total. The number of hydrogen-bond acceptors (Lipinski definition) is 5. The summed E-state index contributed by atoms with van der Waals surface area (Å²) in [7, 11) is 1.47. The number of ether oxygens (including phenoxy) is 1. The van der Waals surface area contributed by atoms with Crippen molar-refractivity contribution in [1.29, 1.82) is 0 Å². The van der Waals surface area contributed by atoms with Crippen LogP contribution in [0.3, 0.4) is 0 Å². The summed E-state index contributed by atoms with van der Waals surface area (Å²) < 4.78 is 4.94. The van der Waals surface area contributed by atoms with Crippen molar-refractivity contribution in [3.8, 4) is 5.88 Å². The van der Waals surface area contributed by atoms with E-state index in [1.165, 1.54) is 12.0 Å². The van der Waals surface area contributed by atoms with Gasteiger partial charge in [0.25, 0.3) is 0 Å². The van der Waals surface area contributed by atoms with Gasteiger partial charge in [0.1, 0.15) is 0 Å². The van der Waals surface area contributed by atoms with Gasteiger partial charge in [0, 0.05) is 12.6 Å². The van der Waals surface area contributed by atoms with Gasteiger partial charge in [-0.2, -0.15) is 0 Å². The topological polar surface area (TPSA) is 100.0 Å². The van der Waals surface area contributed by atoms with E-state index in [1.807, 2.05) is 0 Å². The Morgan fingerprint density at radius 3 is 2.39 bits per heavy atom. The van der Waals surface area contributed by atoms with Gasteiger partial charge in [-0.25, -0.2) is 4.98 Å². The zero-order chi connectivity index (χ0) is 13.5. The molecule has 0 aliphatic heterocycles. The fourth-order valence-electron chi connectivity index (χ4n) is 1.44. The summed E-state index contributed by atoms with van der Waals surface area (Å²) in [4.78, 5) is 26.6. The largest absolute Gasteiger partial charge is 0.481 e. The van der Waals surface area contributed by atoms with Crippen LogP contribution in [0.4, 0.5) is 0 Å². The Morgan fingerprint density at radius 2 is 1.89 bits per heavy atom. The van der Waals surface area contributed by atoms with Crippen LogP contribution in [0.1, 0.15) is 5.69 Å². The summed E-state index contributed by atoms with van der Waals surface area (Å²) in [6.45, 7) is -0.577. The van der Waals surface area contributed by atoms with Crippen molar-refractivity contribution in [2.24, 2.45) is 0 Å². The van der Waals surface area contributed by atoms with Crippen molar-refractivity contribution in [3.05, 3.63) is 23.9 Å². The molecule has 0 unspecified atom stereocenters. The van der Waals surface area contributed by atoms with Crippen molar-refractivity contribution >= 4 is 11.9 Å². The molecule has 0 radical (unpaired) electrons. The maximum atomic E-state index is 10.6.